The first-order chi connectivity index (χ1) is 10.2. The lowest BCUT2D eigenvalue weighted by Crippen LogP contribution is -2.42. The van der Waals surface area contributed by atoms with E-state index >= 15 is 0 Å². The Hall–Kier alpha value is -1.45. The van der Waals surface area contributed by atoms with E-state index in [1.54, 1.807) is 13.3 Å². The molecule has 0 aliphatic heterocycles. The third kappa shape index (κ3) is 2.56. The van der Waals surface area contributed by atoms with Gasteiger partial charge in [0.15, 0.2) is 0 Å². The second-order valence-corrected chi connectivity index (χ2v) is 6.30. The van der Waals surface area contributed by atoms with Crippen molar-refractivity contribution in [3.05, 3.63) is 42.2 Å². The lowest BCUT2D eigenvalue weighted by molar-refractivity contribution is -0.130. The molecule has 3 heteroatoms. The fourth-order valence-electron chi connectivity index (χ4n) is 3.51. The third-order valence-corrected chi connectivity index (χ3v) is 5.03. The van der Waals surface area contributed by atoms with E-state index < -0.39 is 11.7 Å². The monoisotopic (exact) mass is 285 g/mol. The number of hydrogen-bond acceptors (Lipinski definition) is 3. The van der Waals surface area contributed by atoms with Gasteiger partial charge >= 0.3 is 0 Å². The molecule has 3 nitrogen and oxygen atoms in total. The molecule has 0 amide bonds. The number of methoxy groups -OCH3 is 1. The Bertz CT molecular complexity index is 612. The quantitative estimate of drug-likeness (QED) is 0.931. The normalized spacial score (nSPS) is 27.7. The molecule has 1 fully saturated rings. The molecular weight excluding hydrogens is 262 g/mol. The molecule has 1 aliphatic carbocycles. The first-order valence-corrected chi connectivity index (χ1v) is 7.72. The lowest BCUT2D eigenvalue weighted by Gasteiger charge is -2.42. The molecule has 0 bridgehead atoms. The van der Waals surface area contributed by atoms with Gasteiger partial charge in [-0.15, -0.1) is 0 Å². The first-order valence-electron chi connectivity index (χ1n) is 7.72. The van der Waals surface area contributed by atoms with Gasteiger partial charge in [0.25, 0.3) is 0 Å². The molecule has 0 spiro atoms. The molecule has 2 aromatic rings. The van der Waals surface area contributed by atoms with Gasteiger partial charge in [-0.05, 0) is 48.6 Å². The van der Waals surface area contributed by atoms with Crippen LogP contribution in [-0.2, 0) is 4.74 Å². The summed E-state index contributed by atoms with van der Waals surface area (Å²) < 4.78 is 5.83. The number of aliphatic hydroxyl groups excluding tert-OH is 1. The van der Waals surface area contributed by atoms with Crippen LogP contribution in [0.15, 0.2) is 36.7 Å². The van der Waals surface area contributed by atoms with E-state index in [1.807, 2.05) is 30.5 Å². The molecular formula is C18H23NO2. The third-order valence-electron chi connectivity index (χ3n) is 5.03. The standard InChI is InChI=1S/C18H23NO2/c1-13-6-9-18(21-2,10-7-13)17(20)16-5-3-4-14-12-19-11-8-15(14)16/h3-5,8,11-13,17,20H,6-7,9-10H2,1-2H3. The molecule has 0 radical (unpaired) electrons. The van der Waals surface area contributed by atoms with E-state index in [4.69, 9.17) is 4.74 Å². The van der Waals surface area contributed by atoms with Gasteiger partial charge < -0.3 is 9.84 Å². The lowest BCUT2D eigenvalue weighted by atomic mass is 9.74. The first kappa shape index (κ1) is 14.5. The molecule has 1 aromatic heterocycles. The van der Waals surface area contributed by atoms with Crippen LogP contribution in [0.3, 0.4) is 0 Å². The molecule has 1 N–H and O–H groups in total. The molecule has 21 heavy (non-hydrogen) atoms. The van der Waals surface area contributed by atoms with E-state index in [-0.39, 0.29) is 0 Å². The van der Waals surface area contributed by atoms with Crippen molar-refractivity contribution in [1.29, 1.82) is 0 Å². The highest BCUT2D eigenvalue weighted by molar-refractivity contribution is 5.85. The second-order valence-electron chi connectivity index (χ2n) is 6.30. The summed E-state index contributed by atoms with van der Waals surface area (Å²) in [5.41, 5.74) is 0.496. The van der Waals surface area contributed by atoms with E-state index in [0.29, 0.717) is 0 Å². The van der Waals surface area contributed by atoms with Crippen LogP contribution in [-0.4, -0.2) is 22.8 Å². The highest BCUT2D eigenvalue weighted by Gasteiger charge is 2.41. The van der Waals surface area contributed by atoms with Crippen LogP contribution in [0.1, 0.15) is 44.3 Å². The van der Waals surface area contributed by atoms with Crippen molar-refractivity contribution < 1.29 is 9.84 Å². The fraction of sp³-hybridized carbons (Fsp3) is 0.500. The molecule has 3 rings (SSSR count). The van der Waals surface area contributed by atoms with Crippen molar-refractivity contribution in [3.63, 3.8) is 0 Å². The topological polar surface area (TPSA) is 42.4 Å². The maximum absolute atomic E-state index is 11.0. The van der Waals surface area contributed by atoms with Gasteiger partial charge in [-0.25, -0.2) is 0 Å². The average molecular weight is 285 g/mol. The molecule has 0 saturated heterocycles. The van der Waals surface area contributed by atoms with Crippen molar-refractivity contribution in [2.24, 2.45) is 5.92 Å². The second kappa shape index (κ2) is 5.74. The summed E-state index contributed by atoms with van der Waals surface area (Å²) in [4.78, 5) is 4.16. The molecule has 1 saturated carbocycles. The number of ether oxygens (including phenoxy) is 1. The summed E-state index contributed by atoms with van der Waals surface area (Å²) in [5.74, 6) is 0.720. The predicted octanol–water partition coefficient (Wildman–Crippen LogP) is 3.86. The summed E-state index contributed by atoms with van der Waals surface area (Å²) in [6.07, 6.45) is 7.06. The molecule has 1 aromatic carbocycles. The zero-order valence-electron chi connectivity index (χ0n) is 12.7. The fourth-order valence-corrected chi connectivity index (χ4v) is 3.51. The van der Waals surface area contributed by atoms with E-state index in [0.717, 1.165) is 47.9 Å². The Labute approximate surface area is 126 Å². The van der Waals surface area contributed by atoms with Crippen LogP contribution < -0.4 is 0 Å². The van der Waals surface area contributed by atoms with Gasteiger partial charge in [-0.3, -0.25) is 4.98 Å². The van der Waals surface area contributed by atoms with Gasteiger partial charge in [0.05, 0.1) is 5.60 Å². The molecule has 1 heterocycles. The summed E-state index contributed by atoms with van der Waals surface area (Å²) in [5, 5.41) is 13.2. The van der Waals surface area contributed by atoms with E-state index in [9.17, 15) is 5.11 Å². The van der Waals surface area contributed by atoms with Gasteiger partial charge in [-0.1, -0.05) is 25.1 Å². The zero-order valence-corrected chi connectivity index (χ0v) is 12.7. The zero-order chi connectivity index (χ0) is 14.9. The van der Waals surface area contributed by atoms with Gasteiger partial charge in [0, 0.05) is 24.9 Å². The minimum atomic E-state index is -0.596. The maximum atomic E-state index is 11.0. The minimum absolute atomic E-state index is 0.454. The number of aromatic nitrogens is 1. The van der Waals surface area contributed by atoms with E-state index in [2.05, 4.69) is 11.9 Å². The summed E-state index contributed by atoms with van der Waals surface area (Å²) in [6, 6.07) is 7.99. The van der Waals surface area contributed by atoms with Gasteiger partial charge in [-0.2, -0.15) is 0 Å². The van der Waals surface area contributed by atoms with Crippen molar-refractivity contribution >= 4 is 10.8 Å². The van der Waals surface area contributed by atoms with Gasteiger partial charge in [0.1, 0.15) is 6.10 Å². The highest BCUT2D eigenvalue weighted by Crippen LogP contribution is 2.44. The molecule has 1 aliphatic rings. The number of fused-ring (bicyclic) bond motifs is 1. The Balaban J connectivity index is 2.01. The number of benzene rings is 1. The van der Waals surface area contributed by atoms with Crippen LogP contribution in [0.25, 0.3) is 10.8 Å². The molecule has 1 unspecified atom stereocenters. The smallest absolute Gasteiger partial charge is 0.109 e. The van der Waals surface area contributed by atoms with Crippen LogP contribution in [0, 0.1) is 5.92 Å². The van der Waals surface area contributed by atoms with Crippen molar-refractivity contribution in [3.8, 4) is 0 Å². The number of hydrogen-bond donors (Lipinski definition) is 1. The summed E-state index contributed by atoms with van der Waals surface area (Å²) in [6.45, 7) is 2.27. The summed E-state index contributed by atoms with van der Waals surface area (Å²) >= 11 is 0. The van der Waals surface area contributed by atoms with Crippen LogP contribution in [0.5, 0.6) is 0 Å². The van der Waals surface area contributed by atoms with Crippen molar-refractivity contribution in [2.45, 2.75) is 44.3 Å². The van der Waals surface area contributed by atoms with Crippen LogP contribution in [0.2, 0.25) is 0 Å². The average Bonchev–Trinajstić information content (AvgIpc) is 2.55. The molecule has 1 atom stereocenters. The Morgan fingerprint density at radius 1 is 1.29 bits per heavy atom. The predicted molar refractivity (Wildman–Crippen MR) is 84.1 cm³/mol. The largest absolute Gasteiger partial charge is 0.385 e. The number of rotatable bonds is 3. The summed E-state index contributed by atoms with van der Waals surface area (Å²) in [7, 11) is 1.73. The Morgan fingerprint density at radius 2 is 2.05 bits per heavy atom. The van der Waals surface area contributed by atoms with Crippen LogP contribution >= 0.6 is 0 Å². The minimum Gasteiger partial charge on any atom is -0.385 e. The van der Waals surface area contributed by atoms with Crippen molar-refractivity contribution in [1.82, 2.24) is 4.98 Å². The molecule has 112 valence electrons. The maximum Gasteiger partial charge on any atom is 0.109 e. The van der Waals surface area contributed by atoms with Gasteiger partial charge in [0.2, 0.25) is 0 Å². The van der Waals surface area contributed by atoms with E-state index in [1.165, 1.54) is 0 Å². The SMILES string of the molecule is COC1(C(O)c2cccc3cnccc23)CCC(C)CC1. The Morgan fingerprint density at radius 3 is 2.76 bits per heavy atom. The highest BCUT2D eigenvalue weighted by atomic mass is 16.5. The number of aliphatic hydroxyl groups is 1. The number of pyridine rings is 1. The Kier molecular flexibility index (Phi) is 3.96. The van der Waals surface area contributed by atoms with Crippen molar-refractivity contribution in [2.75, 3.05) is 7.11 Å². The van der Waals surface area contributed by atoms with Crippen LogP contribution in [0.4, 0.5) is 0 Å². The number of nitrogens with zero attached hydrogens (tertiary/aromatic N) is 1.